The van der Waals surface area contributed by atoms with Crippen molar-refractivity contribution in [3.8, 4) is 5.75 Å². The highest BCUT2D eigenvalue weighted by Crippen LogP contribution is 2.23. The van der Waals surface area contributed by atoms with E-state index in [2.05, 4.69) is 0 Å². The van der Waals surface area contributed by atoms with Crippen molar-refractivity contribution >= 4 is 11.9 Å². The molecule has 1 aliphatic rings. The van der Waals surface area contributed by atoms with E-state index in [0.29, 0.717) is 18.8 Å². The maximum Gasteiger partial charge on any atom is 0.310 e. The molecule has 29 heavy (non-hydrogen) atoms. The van der Waals surface area contributed by atoms with E-state index in [1.807, 2.05) is 30.3 Å². The number of hydrogen-bond donors (Lipinski definition) is 0. The molecule has 162 valence electrons. The zero-order valence-electron chi connectivity index (χ0n) is 17.9. The minimum atomic E-state index is -0.635. The van der Waals surface area contributed by atoms with Crippen molar-refractivity contribution in [2.75, 3.05) is 20.3 Å². The van der Waals surface area contributed by atoms with Crippen LogP contribution in [0.5, 0.6) is 5.75 Å². The Kier molecular flexibility index (Phi) is 8.46. The molecule has 0 aliphatic carbocycles. The van der Waals surface area contributed by atoms with Crippen LogP contribution in [-0.4, -0.2) is 56.2 Å². The van der Waals surface area contributed by atoms with Crippen molar-refractivity contribution in [2.24, 2.45) is 5.92 Å². The van der Waals surface area contributed by atoms with Gasteiger partial charge in [0.05, 0.1) is 18.9 Å². The van der Waals surface area contributed by atoms with E-state index in [0.717, 1.165) is 0 Å². The summed E-state index contributed by atoms with van der Waals surface area (Å²) in [6.07, 6.45) is -1.27. The average molecular weight is 408 g/mol. The number of carbonyl (C=O) groups excluding carboxylic acids is 2. The molecule has 0 spiro atoms. The Labute approximate surface area is 172 Å². The summed E-state index contributed by atoms with van der Waals surface area (Å²) in [5, 5.41) is 0. The van der Waals surface area contributed by atoms with Gasteiger partial charge < -0.3 is 23.7 Å². The number of benzene rings is 1. The van der Waals surface area contributed by atoms with Gasteiger partial charge in [-0.3, -0.25) is 9.59 Å². The van der Waals surface area contributed by atoms with Crippen LogP contribution in [0, 0.1) is 5.92 Å². The first-order valence-electron chi connectivity index (χ1n) is 9.94. The molecule has 2 rings (SSSR count). The lowest BCUT2D eigenvalue weighted by Crippen LogP contribution is -2.47. The van der Waals surface area contributed by atoms with Crippen molar-refractivity contribution in [2.45, 2.75) is 64.4 Å². The molecule has 1 saturated heterocycles. The van der Waals surface area contributed by atoms with Gasteiger partial charge in [0.2, 0.25) is 0 Å². The van der Waals surface area contributed by atoms with Crippen molar-refractivity contribution in [3.63, 3.8) is 0 Å². The first kappa shape index (κ1) is 23.2. The molecule has 0 aromatic heterocycles. The molecular weight excluding hydrogens is 376 g/mol. The highest BCUT2D eigenvalue weighted by atomic mass is 16.6. The van der Waals surface area contributed by atoms with Crippen LogP contribution in [0.15, 0.2) is 30.3 Å². The quantitative estimate of drug-likeness (QED) is 0.693. The molecule has 1 aromatic rings. The lowest BCUT2D eigenvalue weighted by Gasteiger charge is -2.33. The zero-order valence-corrected chi connectivity index (χ0v) is 17.9. The molecule has 1 aliphatic heterocycles. The lowest BCUT2D eigenvalue weighted by molar-refractivity contribution is -0.173. The highest BCUT2D eigenvalue weighted by Gasteiger charge is 2.36. The van der Waals surface area contributed by atoms with Crippen LogP contribution in [0.3, 0.4) is 0 Å². The van der Waals surface area contributed by atoms with Gasteiger partial charge in [-0.2, -0.15) is 0 Å². The van der Waals surface area contributed by atoms with Gasteiger partial charge in [0, 0.05) is 13.7 Å². The van der Waals surface area contributed by atoms with E-state index in [4.69, 9.17) is 23.7 Å². The Morgan fingerprint density at radius 1 is 1.21 bits per heavy atom. The highest BCUT2D eigenvalue weighted by molar-refractivity contribution is 5.80. The van der Waals surface area contributed by atoms with Crippen molar-refractivity contribution in [1.82, 2.24) is 0 Å². The van der Waals surface area contributed by atoms with Crippen LogP contribution >= 0.6 is 0 Å². The molecule has 0 radical (unpaired) electrons. The van der Waals surface area contributed by atoms with Crippen LogP contribution in [0.1, 0.15) is 40.5 Å². The molecule has 1 heterocycles. The smallest absolute Gasteiger partial charge is 0.310 e. The molecule has 0 N–H and O–H groups in total. The van der Waals surface area contributed by atoms with E-state index in [1.54, 1.807) is 34.8 Å². The Morgan fingerprint density at radius 3 is 2.52 bits per heavy atom. The fourth-order valence-electron chi connectivity index (χ4n) is 3.09. The van der Waals surface area contributed by atoms with Gasteiger partial charge in [-0.25, -0.2) is 0 Å². The molecule has 1 aromatic carbocycles. The van der Waals surface area contributed by atoms with Gasteiger partial charge in [0.15, 0.2) is 6.10 Å². The molecule has 0 bridgehead atoms. The fourth-order valence-corrected chi connectivity index (χ4v) is 3.09. The number of cyclic esters (lactones) is 1. The summed E-state index contributed by atoms with van der Waals surface area (Å²) in [7, 11) is 1.57. The van der Waals surface area contributed by atoms with Gasteiger partial charge >= 0.3 is 11.9 Å². The topological polar surface area (TPSA) is 80.3 Å². The second-order valence-corrected chi connectivity index (χ2v) is 8.16. The largest absolute Gasteiger partial charge is 0.484 e. The first-order valence-corrected chi connectivity index (χ1v) is 9.94. The van der Waals surface area contributed by atoms with Gasteiger partial charge in [-0.05, 0) is 46.2 Å². The van der Waals surface area contributed by atoms with Gasteiger partial charge in [0.1, 0.15) is 23.6 Å². The van der Waals surface area contributed by atoms with E-state index < -0.39 is 41.8 Å². The molecular formula is C22H32O7. The minimum Gasteiger partial charge on any atom is -0.484 e. The average Bonchev–Trinajstić information content (AvgIpc) is 2.64. The van der Waals surface area contributed by atoms with Crippen LogP contribution in [0.25, 0.3) is 0 Å². The zero-order chi connectivity index (χ0) is 21.4. The Hall–Kier alpha value is -2.12. The molecule has 0 saturated carbocycles. The number of para-hydroxylation sites is 1. The molecule has 7 nitrogen and oxygen atoms in total. The van der Waals surface area contributed by atoms with E-state index in [-0.39, 0.29) is 13.0 Å². The summed E-state index contributed by atoms with van der Waals surface area (Å²) in [4.78, 5) is 24.9. The first-order chi connectivity index (χ1) is 13.7. The maximum atomic E-state index is 12.8. The third-order valence-electron chi connectivity index (χ3n) is 4.51. The second kappa shape index (κ2) is 10.6. The third kappa shape index (κ3) is 7.66. The fraction of sp³-hybridized carbons (Fsp3) is 0.636. The van der Waals surface area contributed by atoms with Crippen LogP contribution in [0.4, 0.5) is 0 Å². The van der Waals surface area contributed by atoms with Crippen LogP contribution in [-0.2, 0) is 28.5 Å². The van der Waals surface area contributed by atoms with Crippen LogP contribution < -0.4 is 4.74 Å². The van der Waals surface area contributed by atoms with Crippen molar-refractivity contribution < 1.29 is 33.3 Å². The summed E-state index contributed by atoms with van der Waals surface area (Å²) in [6, 6.07) is 9.27. The molecule has 4 atom stereocenters. The summed E-state index contributed by atoms with van der Waals surface area (Å²) in [5.41, 5.74) is -0.610. The molecule has 7 heteroatoms. The number of hydrogen-bond acceptors (Lipinski definition) is 7. The number of rotatable bonds is 5. The summed E-state index contributed by atoms with van der Waals surface area (Å²) in [5.74, 6) is -0.894. The van der Waals surface area contributed by atoms with E-state index in [1.165, 1.54) is 0 Å². The standard InChI is InChI=1S/C22H32O7/c1-15-20(28-17-9-7-6-8-10-17)18(25-5)14-26-12-11-16(21(24)27-15)13-19(23)29-22(2,3)4/h6-10,15-16,18,20H,11-14H2,1-5H3/t15-,16+,18-,20-/m0/s1. The summed E-state index contributed by atoms with van der Waals surface area (Å²) < 4.78 is 28.4. The Bertz CT molecular complexity index is 653. The normalized spacial score (nSPS) is 26.3. The predicted octanol–water partition coefficient (Wildman–Crippen LogP) is 3.15. The van der Waals surface area contributed by atoms with Gasteiger partial charge in [0.25, 0.3) is 0 Å². The lowest BCUT2D eigenvalue weighted by atomic mass is 10.0. The molecule has 0 unspecified atom stereocenters. The SMILES string of the molecule is CO[C@H]1COCC[C@H](CC(=O)OC(C)(C)C)C(=O)O[C@@H](C)[C@@H]1Oc1ccccc1. The second-order valence-electron chi connectivity index (χ2n) is 8.16. The minimum absolute atomic E-state index is 0.0515. The van der Waals surface area contributed by atoms with Gasteiger partial charge in [-0.1, -0.05) is 18.2 Å². The summed E-state index contributed by atoms with van der Waals surface area (Å²) in [6.45, 7) is 7.71. The van der Waals surface area contributed by atoms with E-state index >= 15 is 0 Å². The maximum absolute atomic E-state index is 12.8. The predicted molar refractivity (Wildman–Crippen MR) is 107 cm³/mol. The number of carbonyl (C=O) groups is 2. The van der Waals surface area contributed by atoms with E-state index in [9.17, 15) is 9.59 Å². The monoisotopic (exact) mass is 408 g/mol. The molecule has 0 amide bonds. The van der Waals surface area contributed by atoms with Gasteiger partial charge in [-0.15, -0.1) is 0 Å². The van der Waals surface area contributed by atoms with Crippen LogP contribution in [0.2, 0.25) is 0 Å². The number of esters is 2. The van der Waals surface area contributed by atoms with Crippen molar-refractivity contribution in [3.05, 3.63) is 30.3 Å². The number of ether oxygens (including phenoxy) is 5. The van der Waals surface area contributed by atoms with Crippen molar-refractivity contribution in [1.29, 1.82) is 0 Å². The summed E-state index contributed by atoms with van der Waals surface area (Å²) >= 11 is 0. The Morgan fingerprint density at radius 2 is 1.90 bits per heavy atom. The number of methoxy groups -OCH3 is 1. The third-order valence-corrected chi connectivity index (χ3v) is 4.51. The Balaban J connectivity index is 2.11. The molecule has 1 fully saturated rings.